The van der Waals surface area contributed by atoms with Gasteiger partial charge in [-0.2, -0.15) is 0 Å². The van der Waals surface area contributed by atoms with E-state index >= 15 is 0 Å². The van der Waals surface area contributed by atoms with Gasteiger partial charge in [0.1, 0.15) is 23.7 Å². The standard InChI is InChI=1S/C26H33NO5/c1-5-6-7-10-16-31-23-14-11-13-21(17-23)19(2)27-32-18-22-12-8-9-15-24(22)25(26(28)29)20(3)30-4/h8-9,11-15,17H,5-7,10,16,18H2,1-4H3,(H,28,29). The van der Waals surface area contributed by atoms with E-state index in [0.717, 1.165) is 17.7 Å². The average Bonchev–Trinajstić information content (AvgIpc) is 2.79. The highest BCUT2D eigenvalue weighted by atomic mass is 16.6. The number of ether oxygens (including phenoxy) is 2. The highest BCUT2D eigenvalue weighted by Gasteiger charge is 2.18. The summed E-state index contributed by atoms with van der Waals surface area (Å²) in [6.07, 6.45) is 4.65. The summed E-state index contributed by atoms with van der Waals surface area (Å²) in [5.41, 5.74) is 2.98. The molecule has 0 unspecified atom stereocenters. The molecule has 0 saturated heterocycles. The number of benzene rings is 2. The minimum Gasteiger partial charge on any atom is -0.500 e. The minimum atomic E-state index is -1.05. The van der Waals surface area contributed by atoms with Gasteiger partial charge in [-0.3, -0.25) is 0 Å². The fourth-order valence-corrected chi connectivity index (χ4v) is 3.23. The summed E-state index contributed by atoms with van der Waals surface area (Å²) in [6, 6.07) is 14.9. The number of nitrogens with zero attached hydrogens (tertiary/aromatic N) is 1. The first-order valence-corrected chi connectivity index (χ1v) is 10.9. The summed E-state index contributed by atoms with van der Waals surface area (Å²) >= 11 is 0. The van der Waals surface area contributed by atoms with Crippen molar-refractivity contribution in [3.05, 3.63) is 71.0 Å². The molecular weight excluding hydrogens is 406 g/mol. The van der Waals surface area contributed by atoms with Gasteiger partial charge in [0, 0.05) is 11.1 Å². The lowest BCUT2D eigenvalue weighted by molar-refractivity contribution is -0.130. The van der Waals surface area contributed by atoms with Crippen molar-refractivity contribution < 1.29 is 24.2 Å². The second-order valence-corrected chi connectivity index (χ2v) is 7.48. The Hall–Kier alpha value is -3.28. The van der Waals surface area contributed by atoms with Crippen LogP contribution in [0.4, 0.5) is 0 Å². The molecule has 0 heterocycles. The fourth-order valence-electron chi connectivity index (χ4n) is 3.23. The van der Waals surface area contributed by atoms with Crippen LogP contribution in [-0.2, 0) is 21.0 Å². The highest BCUT2D eigenvalue weighted by Crippen LogP contribution is 2.24. The predicted molar refractivity (Wildman–Crippen MR) is 127 cm³/mol. The Morgan fingerprint density at radius 3 is 2.53 bits per heavy atom. The molecule has 0 bridgehead atoms. The lowest BCUT2D eigenvalue weighted by atomic mass is 9.99. The van der Waals surface area contributed by atoms with Gasteiger partial charge in [-0.1, -0.05) is 67.7 Å². The molecule has 1 N–H and O–H groups in total. The van der Waals surface area contributed by atoms with Crippen molar-refractivity contribution in [2.75, 3.05) is 13.7 Å². The first-order valence-electron chi connectivity index (χ1n) is 10.9. The first-order chi connectivity index (χ1) is 15.5. The highest BCUT2D eigenvalue weighted by molar-refractivity contribution is 6.16. The number of unbranched alkanes of at least 4 members (excludes halogenated alkanes) is 3. The molecule has 6 heteroatoms. The summed E-state index contributed by atoms with van der Waals surface area (Å²) in [5.74, 6) is 0.0873. The lowest BCUT2D eigenvalue weighted by Gasteiger charge is -2.12. The molecule has 172 valence electrons. The molecule has 0 amide bonds. The van der Waals surface area contributed by atoms with Crippen LogP contribution in [0.5, 0.6) is 5.75 Å². The number of carbonyl (C=O) groups is 1. The molecule has 2 rings (SSSR count). The summed E-state index contributed by atoms with van der Waals surface area (Å²) < 4.78 is 11.0. The van der Waals surface area contributed by atoms with Crippen LogP contribution >= 0.6 is 0 Å². The van der Waals surface area contributed by atoms with Gasteiger partial charge in [0.15, 0.2) is 0 Å². The van der Waals surface area contributed by atoms with E-state index in [0.29, 0.717) is 29.2 Å². The predicted octanol–water partition coefficient (Wildman–Crippen LogP) is 6.05. The van der Waals surface area contributed by atoms with Gasteiger partial charge in [-0.15, -0.1) is 0 Å². The quantitative estimate of drug-likeness (QED) is 0.135. The molecule has 0 aliphatic rings. The molecule has 0 saturated carbocycles. The third-order valence-electron chi connectivity index (χ3n) is 5.10. The molecule has 0 radical (unpaired) electrons. The molecule has 2 aromatic carbocycles. The summed E-state index contributed by atoms with van der Waals surface area (Å²) in [4.78, 5) is 17.3. The van der Waals surface area contributed by atoms with Gasteiger partial charge in [0.25, 0.3) is 0 Å². The van der Waals surface area contributed by atoms with Crippen molar-refractivity contribution in [2.24, 2.45) is 5.16 Å². The first kappa shape index (κ1) is 25.0. The third-order valence-corrected chi connectivity index (χ3v) is 5.10. The molecule has 0 aliphatic carbocycles. The van der Waals surface area contributed by atoms with Gasteiger partial charge < -0.3 is 19.4 Å². The Kier molecular flexibility index (Phi) is 10.3. The van der Waals surface area contributed by atoms with Crippen LogP contribution in [0.25, 0.3) is 5.57 Å². The number of hydrogen-bond acceptors (Lipinski definition) is 5. The van der Waals surface area contributed by atoms with Crippen molar-refractivity contribution in [3.8, 4) is 5.75 Å². The van der Waals surface area contributed by atoms with Crippen molar-refractivity contribution in [1.29, 1.82) is 0 Å². The summed E-state index contributed by atoms with van der Waals surface area (Å²) in [5, 5.41) is 13.9. The van der Waals surface area contributed by atoms with Gasteiger partial charge >= 0.3 is 5.97 Å². The molecule has 0 atom stereocenters. The van der Waals surface area contributed by atoms with Gasteiger partial charge in [0.05, 0.1) is 19.4 Å². The Morgan fingerprint density at radius 2 is 1.81 bits per heavy atom. The number of aliphatic carboxylic acids is 1. The number of carboxylic acids is 1. The van der Waals surface area contributed by atoms with E-state index in [1.54, 1.807) is 19.1 Å². The third kappa shape index (κ3) is 7.45. The number of oxime groups is 1. The van der Waals surface area contributed by atoms with Crippen LogP contribution < -0.4 is 4.74 Å². The molecule has 0 spiro atoms. The molecule has 0 fully saturated rings. The molecule has 0 aliphatic heterocycles. The smallest absolute Gasteiger partial charge is 0.339 e. The Morgan fingerprint density at radius 1 is 1.03 bits per heavy atom. The van der Waals surface area contributed by atoms with Crippen LogP contribution in [0.1, 0.15) is 63.1 Å². The Bertz CT molecular complexity index is 949. The number of hydrogen-bond donors (Lipinski definition) is 1. The van der Waals surface area contributed by atoms with Crippen LogP contribution in [0.3, 0.4) is 0 Å². The van der Waals surface area contributed by atoms with Crippen LogP contribution in [0.2, 0.25) is 0 Å². The fraction of sp³-hybridized carbons (Fsp3) is 0.385. The normalized spacial score (nSPS) is 12.2. The summed E-state index contributed by atoms with van der Waals surface area (Å²) in [7, 11) is 1.45. The Labute approximate surface area is 190 Å². The van der Waals surface area contributed by atoms with Gasteiger partial charge in [0.2, 0.25) is 0 Å². The van der Waals surface area contributed by atoms with Crippen molar-refractivity contribution >= 4 is 17.3 Å². The second kappa shape index (κ2) is 13.2. The summed E-state index contributed by atoms with van der Waals surface area (Å²) in [6.45, 7) is 6.52. The number of rotatable bonds is 13. The topological polar surface area (TPSA) is 77.4 Å². The zero-order valence-corrected chi connectivity index (χ0v) is 19.4. The van der Waals surface area contributed by atoms with Gasteiger partial charge in [-0.25, -0.2) is 4.79 Å². The van der Waals surface area contributed by atoms with E-state index in [1.165, 1.54) is 26.4 Å². The minimum absolute atomic E-state index is 0.108. The maximum Gasteiger partial charge on any atom is 0.339 e. The lowest BCUT2D eigenvalue weighted by Crippen LogP contribution is -2.07. The van der Waals surface area contributed by atoms with Gasteiger partial charge in [-0.05, 0) is 38.0 Å². The van der Waals surface area contributed by atoms with Crippen molar-refractivity contribution in [3.63, 3.8) is 0 Å². The van der Waals surface area contributed by atoms with E-state index in [4.69, 9.17) is 14.3 Å². The van der Waals surface area contributed by atoms with E-state index in [-0.39, 0.29) is 12.2 Å². The molecule has 0 aromatic heterocycles. The molecule has 6 nitrogen and oxygen atoms in total. The maximum absolute atomic E-state index is 11.8. The van der Waals surface area contributed by atoms with Crippen LogP contribution in [0.15, 0.2) is 59.4 Å². The number of carboxylic acid groups (broad SMARTS) is 1. The largest absolute Gasteiger partial charge is 0.500 e. The zero-order chi connectivity index (χ0) is 23.3. The Balaban J connectivity index is 2.06. The van der Waals surface area contributed by atoms with Crippen LogP contribution in [-0.4, -0.2) is 30.5 Å². The van der Waals surface area contributed by atoms with Crippen molar-refractivity contribution in [2.45, 2.75) is 53.1 Å². The van der Waals surface area contributed by atoms with E-state index < -0.39 is 5.97 Å². The molecule has 2 aromatic rings. The van der Waals surface area contributed by atoms with E-state index in [9.17, 15) is 9.90 Å². The van der Waals surface area contributed by atoms with Crippen molar-refractivity contribution in [1.82, 2.24) is 0 Å². The maximum atomic E-state index is 11.8. The number of allylic oxidation sites excluding steroid dienone is 1. The van der Waals surface area contributed by atoms with Crippen LogP contribution in [0, 0.1) is 0 Å². The zero-order valence-electron chi connectivity index (χ0n) is 19.4. The SMILES string of the molecule is CCCCCCOc1cccc(C(C)=NOCc2ccccc2C(C(=O)O)=C(C)OC)c1. The number of methoxy groups -OCH3 is 1. The molecule has 32 heavy (non-hydrogen) atoms. The monoisotopic (exact) mass is 439 g/mol. The van der Waals surface area contributed by atoms with E-state index in [1.807, 2.05) is 43.3 Å². The average molecular weight is 440 g/mol. The second-order valence-electron chi connectivity index (χ2n) is 7.48. The van der Waals surface area contributed by atoms with E-state index in [2.05, 4.69) is 12.1 Å². The molecular formula is C26H33NO5.